The standard InChI is InChI=1S/C19H35N5O6/c1-5-10(3)15(21)18(28)23-12(7-8-13(20)25)17(27)22-9-14(26)24-16(19(29)30)11(4)6-2/h10-12,15-16H,5-9,21H2,1-4H3,(H2,20,25)(H,22,27)(H,23,28)(H,24,26)(H,29,30). The molecular weight excluding hydrogens is 394 g/mol. The second kappa shape index (κ2) is 13.5. The third-order valence-corrected chi connectivity index (χ3v) is 5.09. The highest BCUT2D eigenvalue weighted by atomic mass is 16.4. The van der Waals surface area contributed by atoms with Crippen LogP contribution in [-0.4, -0.2) is 59.4 Å². The van der Waals surface area contributed by atoms with Crippen molar-refractivity contribution in [2.75, 3.05) is 6.54 Å². The molecule has 30 heavy (non-hydrogen) atoms. The number of carbonyl (C=O) groups is 5. The van der Waals surface area contributed by atoms with Crippen molar-refractivity contribution >= 4 is 29.6 Å². The molecule has 0 aliphatic carbocycles. The summed E-state index contributed by atoms with van der Waals surface area (Å²) in [6.45, 7) is 6.67. The van der Waals surface area contributed by atoms with E-state index >= 15 is 0 Å². The van der Waals surface area contributed by atoms with Gasteiger partial charge in [-0.25, -0.2) is 4.79 Å². The number of hydrogen-bond acceptors (Lipinski definition) is 6. The lowest BCUT2D eigenvalue weighted by atomic mass is 9.98. The number of amides is 4. The van der Waals surface area contributed by atoms with Crippen LogP contribution in [0, 0.1) is 11.8 Å². The van der Waals surface area contributed by atoms with E-state index in [1.165, 1.54) is 0 Å². The van der Waals surface area contributed by atoms with Crippen molar-refractivity contribution in [3.63, 3.8) is 0 Å². The Morgan fingerprint density at radius 2 is 1.50 bits per heavy atom. The van der Waals surface area contributed by atoms with Crippen molar-refractivity contribution < 1.29 is 29.1 Å². The van der Waals surface area contributed by atoms with E-state index in [-0.39, 0.29) is 24.7 Å². The molecule has 0 rings (SSSR count). The molecule has 0 aromatic heterocycles. The van der Waals surface area contributed by atoms with Crippen LogP contribution in [0.15, 0.2) is 0 Å². The number of nitrogens with one attached hydrogen (secondary N) is 3. The highest BCUT2D eigenvalue weighted by molar-refractivity contribution is 5.93. The second-order valence-corrected chi connectivity index (χ2v) is 7.46. The lowest BCUT2D eigenvalue weighted by Gasteiger charge is -2.23. The number of carbonyl (C=O) groups excluding carboxylic acids is 4. The molecule has 0 heterocycles. The van der Waals surface area contributed by atoms with Crippen LogP contribution in [0.25, 0.3) is 0 Å². The van der Waals surface area contributed by atoms with Gasteiger partial charge in [0.15, 0.2) is 0 Å². The van der Waals surface area contributed by atoms with Crippen molar-refractivity contribution in [1.82, 2.24) is 16.0 Å². The Bertz CT molecular complexity index is 627. The number of carboxylic acids is 1. The van der Waals surface area contributed by atoms with Gasteiger partial charge in [-0.2, -0.15) is 0 Å². The third kappa shape index (κ3) is 9.68. The van der Waals surface area contributed by atoms with Crippen molar-refractivity contribution in [2.45, 2.75) is 71.5 Å². The van der Waals surface area contributed by atoms with Crippen molar-refractivity contribution in [2.24, 2.45) is 23.3 Å². The van der Waals surface area contributed by atoms with E-state index in [1.54, 1.807) is 20.8 Å². The van der Waals surface area contributed by atoms with E-state index in [9.17, 15) is 29.1 Å². The lowest BCUT2D eigenvalue weighted by Crippen LogP contribution is -2.55. The van der Waals surface area contributed by atoms with Crippen LogP contribution in [0.4, 0.5) is 0 Å². The van der Waals surface area contributed by atoms with Crippen LogP contribution in [0.3, 0.4) is 0 Å². The summed E-state index contributed by atoms with van der Waals surface area (Å²) in [5.41, 5.74) is 11.0. The molecule has 0 saturated heterocycles. The van der Waals surface area contributed by atoms with Crippen LogP contribution in [-0.2, 0) is 24.0 Å². The first-order valence-corrected chi connectivity index (χ1v) is 10.1. The van der Waals surface area contributed by atoms with Crippen LogP contribution in [0.5, 0.6) is 0 Å². The van der Waals surface area contributed by atoms with Crippen LogP contribution in [0.1, 0.15) is 53.4 Å². The molecule has 172 valence electrons. The Balaban J connectivity index is 4.99. The molecule has 8 N–H and O–H groups in total. The minimum atomic E-state index is -1.17. The van der Waals surface area contributed by atoms with E-state index in [4.69, 9.17) is 11.5 Å². The average Bonchev–Trinajstić information content (AvgIpc) is 2.70. The van der Waals surface area contributed by atoms with Crippen LogP contribution < -0.4 is 27.4 Å². The number of rotatable bonds is 14. The molecule has 0 aromatic rings. The predicted octanol–water partition coefficient (Wildman–Crippen LogP) is -1.16. The van der Waals surface area contributed by atoms with Gasteiger partial charge in [0, 0.05) is 6.42 Å². The van der Waals surface area contributed by atoms with Gasteiger partial charge >= 0.3 is 5.97 Å². The molecule has 0 aliphatic rings. The Morgan fingerprint density at radius 3 is 1.97 bits per heavy atom. The maximum absolute atomic E-state index is 12.5. The van der Waals surface area contributed by atoms with Gasteiger partial charge in [0.2, 0.25) is 23.6 Å². The Hall–Kier alpha value is -2.69. The van der Waals surface area contributed by atoms with E-state index in [0.717, 1.165) is 0 Å². The Labute approximate surface area is 176 Å². The molecule has 0 aromatic carbocycles. The van der Waals surface area contributed by atoms with Gasteiger partial charge in [-0.05, 0) is 18.3 Å². The summed E-state index contributed by atoms with van der Waals surface area (Å²) in [5.74, 6) is -4.19. The first kappa shape index (κ1) is 27.3. The number of hydrogen-bond donors (Lipinski definition) is 6. The van der Waals surface area contributed by atoms with Gasteiger partial charge in [0.05, 0.1) is 12.6 Å². The summed E-state index contributed by atoms with van der Waals surface area (Å²) in [6, 6.07) is -3.04. The molecular formula is C19H35N5O6. The fourth-order valence-electron chi connectivity index (χ4n) is 2.53. The Kier molecular flexibility index (Phi) is 12.3. The van der Waals surface area contributed by atoms with Gasteiger partial charge in [-0.1, -0.05) is 40.5 Å². The first-order chi connectivity index (χ1) is 13.9. The molecule has 5 atom stereocenters. The summed E-state index contributed by atoms with van der Waals surface area (Å²) in [4.78, 5) is 59.2. The number of primary amides is 1. The van der Waals surface area contributed by atoms with E-state index in [0.29, 0.717) is 12.8 Å². The average molecular weight is 430 g/mol. The van der Waals surface area contributed by atoms with Gasteiger partial charge in [-0.15, -0.1) is 0 Å². The minimum absolute atomic E-state index is 0.0631. The smallest absolute Gasteiger partial charge is 0.326 e. The molecule has 4 amide bonds. The van der Waals surface area contributed by atoms with E-state index < -0.39 is 54.3 Å². The highest BCUT2D eigenvalue weighted by Crippen LogP contribution is 2.08. The summed E-state index contributed by atoms with van der Waals surface area (Å²) < 4.78 is 0. The molecule has 0 bridgehead atoms. The fraction of sp³-hybridized carbons (Fsp3) is 0.737. The van der Waals surface area contributed by atoms with Gasteiger partial charge in [-0.3, -0.25) is 19.2 Å². The van der Waals surface area contributed by atoms with Crippen LogP contribution in [0.2, 0.25) is 0 Å². The summed E-state index contributed by atoms with van der Waals surface area (Å²) >= 11 is 0. The lowest BCUT2D eigenvalue weighted by molar-refractivity contribution is -0.143. The molecule has 0 saturated carbocycles. The summed E-state index contributed by atoms with van der Waals surface area (Å²) in [7, 11) is 0. The zero-order valence-corrected chi connectivity index (χ0v) is 18.1. The quantitative estimate of drug-likeness (QED) is 0.200. The van der Waals surface area contributed by atoms with Crippen LogP contribution >= 0.6 is 0 Å². The van der Waals surface area contributed by atoms with Gasteiger partial charge in [0.1, 0.15) is 12.1 Å². The topological polar surface area (TPSA) is 194 Å². The number of aliphatic carboxylic acids is 1. The molecule has 0 aliphatic heterocycles. The largest absolute Gasteiger partial charge is 0.480 e. The second-order valence-electron chi connectivity index (χ2n) is 7.46. The molecule has 0 radical (unpaired) electrons. The maximum atomic E-state index is 12.5. The SMILES string of the molecule is CCC(C)C(N)C(=O)NC(CCC(N)=O)C(=O)NCC(=O)NC(C(=O)O)C(C)CC. The zero-order valence-electron chi connectivity index (χ0n) is 18.1. The first-order valence-electron chi connectivity index (χ1n) is 10.1. The van der Waals surface area contributed by atoms with Crippen molar-refractivity contribution in [3.05, 3.63) is 0 Å². The molecule has 5 unspecified atom stereocenters. The Morgan fingerprint density at radius 1 is 0.933 bits per heavy atom. The molecule has 0 fully saturated rings. The third-order valence-electron chi connectivity index (χ3n) is 5.09. The van der Waals surface area contributed by atoms with Gasteiger partial charge < -0.3 is 32.5 Å². The molecule has 11 heteroatoms. The maximum Gasteiger partial charge on any atom is 0.326 e. The summed E-state index contributed by atoms with van der Waals surface area (Å²) in [6.07, 6.45) is 0.986. The summed E-state index contributed by atoms with van der Waals surface area (Å²) in [5, 5.41) is 16.4. The van der Waals surface area contributed by atoms with Crippen molar-refractivity contribution in [3.8, 4) is 0 Å². The van der Waals surface area contributed by atoms with E-state index in [1.807, 2.05) is 6.92 Å². The fourth-order valence-corrected chi connectivity index (χ4v) is 2.53. The minimum Gasteiger partial charge on any atom is -0.480 e. The van der Waals surface area contributed by atoms with Crippen molar-refractivity contribution in [1.29, 1.82) is 0 Å². The highest BCUT2D eigenvalue weighted by Gasteiger charge is 2.28. The monoisotopic (exact) mass is 429 g/mol. The van der Waals surface area contributed by atoms with Gasteiger partial charge in [0.25, 0.3) is 0 Å². The molecule has 0 spiro atoms. The number of nitrogens with two attached hydrogens (primary N) is 2. The zero-order chi connectivity index (χ0) is 23.4. The predicted molar refractivity (Wildman–Crippen MR) is 110 cm³/mol. The number of carboxylic acid groups (broad SMARTS) is 1. The van der Waals surface area contributed by atoms with E-state index in [2.05, 4.69) is 16.0 Å². The normalized spacial score (nSPS) is 15.8. The molecule has 11 nitrogen and oxygen atoms in total.